The van der Waals surface area contributed by atoms with E-state index in [4.69, 9.17) is 23.8 Å². The van der Waals surface area contributed by atoms with Crippen LogP contribution >= 0.6 is 23.8 Å². The molecule has 0 bridgehead atoms. The fourth-order valence-electron chi connectivity index (χ4n) is 2.01. The first-order valence-electron chi connectivity index (χ1n) is 6.99. The molecule has 0 radical (unpaired) electrons. The van der Waals surface area contributed by atoms with Crippen LogP contribution in [0.25, 0.3) is 0 Å². The minimum absolute atomic E-state index is 0.164. The van der Waals surface area contributed by atoms with E-state index in [9.17, 15) is 0 Å². The molecular formula is C18H20ClNS. The monoisotopic (exact) mass is 317 g/mol. The third kappa shape index (κ3) is 4.55. The lowest BCUT2D eigenvalue weighted by molar-refractivity contribution is 0.590. The van der Waals surface area contributed by atoms with E-state index in [1.54, 1.807) is 0 Å². The molecular weight excluding hydrogens is 298 g/mol. The number of hydrogen-bond donors (Lipinski definition) is 1. The summed E-state index contributed by atoms with van der Waals surface area (Å²) in [4.78, 5) is 0.769. The van der Waals surface area contributed by atoms with E-state index < -0.39 is 0 Å². The van der Waals surface area contributed by atoms with Gasteiger partial charge in [-0.2, -0.15) is 0 Å². The Bertz CT molecular complexity index is 609. The first-order chi connectivity index (χ1) is 9.86. The molecule has 0 spiro atoms. The lowest BCUT2D eigenvalue weighted by atomic mass is 9.87. The van der Waals surface area contributed by atoms with Crippen LogP contribution in [-0.4, -0.2) is 4.99 Å². The van der Waals surface area contributed by atoms with Gasteiger partial charge in [0.15, 0.2) is 0 Å². The van der Waals surface area contributed by atoms with E-state index in [0.29, 0.717) is 6.54 Å². The number of hydrogen-bond acceptors (Lipinski definition) is 1. The normalized spacial score (nSPS) is 11.2. The van der Waals surface area contributed by atoms with E-state index in [1.807, 2.05) is 24.3 Å². The second kappa shape index (κ2) is 6.59. The Morgan fingerprint density at radius 2 is 1.57 bits per heavy atom. The molecule has 0 aliphatic rings. The van der Waals surface area contributed by atoms with Crippen molar-refractivity contribution in [2.24, 2.45) is 0 Å². The third-order valence-electron chi connectivity index (χ3n) is 3.38. The molecule has 2 aromatic carbocycles. The third-order valence-corrected chi connectivity index (χ3v) is 4.01. The van der Waals surface area contributed by atoms with Crippen LogP contribution in [-0.2, 0) is 12.0 Å². The zero-order valence-electron chi connectivity index (χ0n) is 12.6. The maximum atomic E-state index is 5.88. The van der Waals surface area contributed by atoms with Gasteiger partial charge < -0.3 is 5.32 Å². The number of rotatable bonds is 3. The highest BCUT2D eigenvalue weighted by Gasteiger charge is 2.13. The molecule has 0 saturated carbocycles. The van der Waals surface area contributed by atoms with Gasteiger partial charge in [0.2, 0.25) is 0 Å². The van der Waals surface area contributed by atoms with Gasteiger partial charge in [-0.1, -0.05) is 81.0 Å². The first kappa shape index (κ1) is 16.0. The van der Waals surface area contributed by atoms with Crippen LogP contribution in [0, 0.1) is 0 Å². The molecule has 0 amide bonds. The second-order valence-corrected chi connectivity index (χ2v) is 6.98. The molecule has 0 unspecified atom stereocenters. The largest absolute Gasteiger partial charge is 0.372 e. The first-order valence-corrected chi connectivity index (χ1v) is 7.78. The summed E-state index contributed by atoms with van der Waals surface area (Å²) in [6.07, 6.45) is 0. The fourth-order valence-corrected chi connectivity index (χ4v) is 2.34. The Hall–Kier alpha value is -1.38. The zero-order valence-corrected chi connectivity index (χ0v) is 14.2. The topological polar surface area (TPSA) is 12.0 Å². The Kier molecular flexibility index (Phi) is 5.02. The fraction of sp³-hybridized carbons (Fsp3) is 0.278. The van der Waals surface area contributed by atoms with Crippen molar-refractivity contribution in [3.05, 3.63) is 70.2 Å². The Morgan fingerprint density at radius 3 is 2.10 bits per heavy atom. The van der Waals surface area contributed by atoms with Crippen LogP contribution in [0.3, 0.4) is 0 Å². The van der Waals surface area contributed by atoms with Crippen molar-refractivity contribution in [3.63, 3.8) is 0 Å². The summed E-state index contributed by atoms with van der Waals surface area (Å²) < 4.78 is 0. The predicted molar refractivity (Wildman–Crippen MR) is 95.1 cm³/mol. The zero-order chi connectivity index (χ0) is 15.5. The highest BCUT2D eigenvalue weighted by Crippen LogP contribution is 2.22. The quantitative estimate of drug-likeness (QED) is 0.790. The number of nitrogens with one attached hydrogen (secondary N) is 1. The van der Waals surface area contributed by atoms with E-state index in [0.717, 1.165) is 21.1 Å². The SMILES string of the molecule is CC(C)(C)c1ccc(C(=S)NCc2ccc(Cl)cc2)cc1. The highest BCUT2D eigenvalue weighted by atomic mass is 35.5. The van der Waals surface area contributed by atoms with Crippen molar-refractivity contribution in [1.82, 2.24) is 5.32 Å². The average molecular weight is 318 g/mol. The molecule has 0 atom stereocenters. The molecule has 21 heavy (non-hydrogen) atoms. The van der Waals surface area contributed by atoms with Gasteiger partial charge in [0.25, 0.3) is 0 Å². The molecule has 0 saturated heterocycles. The van der Waals surface area contributed by atoms with Crippen molar-refractivity contribution in [3.8, 4) is 0 Å². The summed E-state index contributed by atoms with van der Waals surface area (Å²) in [6, 6.07) is 16.2. The van der Waals surface area contributed by atoms with Crippen LogP contribution < -0.4 is 5.32 Å². The maximum Gasteiger partial charge on any atom is 0.106 e. The summed E-state index contributed by atoms with van der Waals surface area (Å²) in [6.45, 7) is 7.33. The van der Waals surface area contributed by atoms with Crippen LogP contribution in [0.4, 0.5) is 0 Å². The smallest absolute Gasteiger partial charge is 0.106 e. The van der Waals surface area contributed by atoms with Gasteiger partial charge >= 0.3 is 0 Å². The van der Waals surface area contributed by atoms with Crippen molar-refractivity contribution in [2.45, 2.75) is 32.7 Å². The Morgan fingerprint density at radius 1 is 1.00 bits per heavy atom. The molecule has 1 nitrogen and oxygen atoms in total. The molecule has 0 heterocycles. The Balaban J connectivity index is 1.99. The number of thiocarbonyl (C=S) groups is 1. The predicted octanol–water partition coefficient (Wildman–Crippen LogP) is 5.10. The molecule has 0 aromatic heterocycles. The highest BCUT2D eigenvalue weighted by molar-refractivity contribution is 7.80. The summed E-state index contributed by atoms with van der Waals surface area (Å²) in [5.41, 5.74) is 3.68. The number of benzene rings is 2. The van der Waals surface area contributed by atoms with Gasteiger partial charge in [-0.25, -0.2) is 0 Å². The lowest BCUT2D eigenvalue weighted by Gasteiger charge is -2.19. The van der Waals surface area contributed by atoms with Gasteiger partial charge in [0.1, 0.15) is 4.99 Å². The number of halogens is 1. The van der Waals surface area contributed by atoms with Gasteiger partial charge in [-0.15, -0.1) is 0 Å². The van der Waals surface area contributed by atoms with Crippen LogP contribution in [0.2, 0.25) is 5.02 Å². The molecule has 2 rings (SSSR count). The van der Waals surface area contributed by atoms with Crippen molar-refractivity contribution >= 4 is 28.8 Å². The summed E-state index contributed by atoms with van der Waals surface area (Å²) in [7, 11) is 0. The van der Waals surface area contributed by atoms with Crippen LogP contribution in [0.5, 0.6) is 0 Å². The minimum Gasteiger partial charge on any atom is -0.372 e. The minimum atomic E-state index is 0.164. The van der Waals surface area contributed by atoms with E-state index >= 15 is 0 Å². The van der Waals surface area contributed by atoms with E-state index in [-0.39, 0.29) is 5.41 Å². The van der Waals surface area contributed by atoms with Crippen molar-refractivity contribution < 1.29 is 0 Å². The molecule has 0 aliphatic carbocycles. The molecule has 1 N–H and O–H groups in total. The Labute approximate surface area is 137 Å². The molecule has 0 aliphatic heterocycles. The molecule has 0 fully saturated rings. The maximum absolute atomic E-state index is 5.88. The summed E-state index contributed by atoms with van der Waals surface area (Å²) in [5.74, 6) is 0. The van der Waals surface area contributed by atoms with Crippen molar-refractivity contribution in [2.75, 3.05) is 0 Å². The summed E-state index contributed by atoms with van der Waals surface area (Å²) in [5, 5.41) is 4.03. The molecule has 110 valence electrons. The second-order valence-electron chi connectivity index (χ2n) is 6.14. The average Bonchev–Trinajstić information content (AvgIpc) is 2.45. The van der Waals surface area contributed by atoms with E-state index in [1.165, 1.54) is 5.56 Å². The van der Waals surface area contributed by atoms with Crippen molar-refractivity contribution in [1.29, 1.82) is 0 Å². The van der Waals surface area contributed by atoms with E-state index in [2.05, 4.69) is 50.4 Å². The van der Waals surface area contributed by atoms with Gasteiger partial charge in [-0.3, -0.25) is 0 Å². The molecule has 3 heteroatoms. The van der Waals surface area contributed by atoms with Gasteiger partial charge in [0.05, 0.1) is 0 Å². The van der Waals surface area contributed by atoms with Gasteiger partial charge in [-0.05, 0) is 28.7 Å². The van der Waals surface area contributed by atoms with Gasteiger partial charge in [0, 0.05) is 17.1 Å². The van der Waals surface area contributed by atoms with Crippen LogP contribution in [0.15, 0.2) is 48.5 Å². The van der Waals surface area contributed by atoms with Crippen LogP contribution in [0.1, 0.15) is 37.5 Å². The summed E-state index contributed by atoms with van der Waals surface area (Å²) >= 11 is 11.3. The standard InChI is InChI=1S/C18H20ClNS/c1-18(2,3)15-8-6-14(7-9-15)17(21)20-12-13-4-10-16(19)11-5-13/h4-11H,12H2,1-3H3,(H,20,21). The molecule has 2 aromatic rings. The lowest BCUT2D eigenvalue weighted by Crippen LogP contribution is -2.22.